The van der Waals surface area contributed by atoms with Crippen LogP contribution in [0.5, 0.6) is 0 Å². The van der Waals surface area contributed by atoms with E-state index in [1.165, 1.54) is 16.8 Å². The van der Waals surface area contributed by atoms with Crippen molar-refractivity contribution in [2.24, 2.45) is 0 Å². The summed E-state index contributed by atoms with van der Waals surface area (Å²) in [7, 11) is 0. The second-order valence-corrected chi connectivity index (χ2v) is 6.11. The van der Waals surface area contributed by atoms with Gasteiger partial charge in [-0.25, -0.2) is 0 Å². The monoisotopic (exact) mass is 299 g/mol. The molecule has 1 aliphatic rings. The Balaban J connectivity index is 1.75. The predicted octanol–water partition coefficient (Wildman–Crippen LogP) is 3.88. The van der Waals surface area contributed by atoms with E-state index in [9.17, 15) is 0 Å². The summed E-state index contributed by atoms with van der Waals surface area (Å²) in [5, 5.41) is 4.19. The number of hydrogen-bond donors (Lipinski definition) is 1. The standard InChI is InChI=1S/C17H21N3S/c1-12-6-7-15(11-13(12)2)18-17(21)20-10-9-19-8-4-5-16(19)14(20)3/h4-8,11,14H,9-10H2,1-3H3,(H,18,21)/t14-/m0/s1. The Labute approximate surface area is 131 Å². The minimum atomic E-state index is 0.306. The van der Waals surface area contributed by atoms with Gasteiger partial charge in [0.1, 0.15) is 0 Å². The van der Waals surface area contributed by atoms with Crippen LogP contribution in [0.4, 0.5) is 5.69 Å². The summed E-state index contributed by atoms with van der Waals surface area (Å²) in [6.45, 7) is 8.39. The number of fused-ring (bicyclic) bond motifs is 1. The Morgan fingerprint density at radius 3 is 2.76 bits per heavy atom. The third-order valence-corrected chi connectivity index (χ3v) is 4.70. The molecule has 0 saturated heterocycles. The molecule has 1 aromatic carbocycles. The smallest absolute Gasteiger partial charge is 0.174 e. The van der Waals surface area contributed by atoms with Crippen molar-refractivity contribution >= 4 is 23.0 Å². The van der Waals surface area contributed by atoms with Crippen LogP contribution >= 0.6 is 12.2 Å². The van der Waals surface area contributed by atoms with E-state index in [0.29, 0.717) is 6.04 Å². The highest BCUT2D eigenvalue weighted by Crippen LogP contribution is 2.26. The molecule has 0 bridgehead atoms. The molecule has 3 rings (SSSR count). The van der Waals surface area contributed by atoms with E-state index < -0.39 is 0 Å². The van der Waals surface area contributed by atoms with Crippen molar-refractivity contribution in [1.82, 2.24) is 9.47 Å². The van der Waals surface area contributed by atoms with Crippen molar-refractivity contribution < 1.29 is 0 Å². The number of nitrogens with one attached hydrogen (secondary N) is 1. The van der Waals surface area contributed by atoms with Crippen LogP contribution in [0.25, 0.3) is 0 Å². The molecule has 0 aliphatic carbocycles. The topological polar surface area (TPSA) is 20.2 Å². The van der Waals surface area contributed by atoms with Crippen molar-refractivity contribution in [2.45, 2.75) is 33.4 Å². The van der Waals surface area contributed by atoms with Crippen LogP contribution in [0.15, 0.2) is 36.5 Å². The van der Waals surface area contributed by atoms with Crippen LogP contribution in [-0.2, 0) is 6.54 Å². The maximum absolute atomic E-state index is 5.62. The lowest BCUT2D eigenvalue weighted by atomic mass is 10.1. The molecule has 0 unspecified atom stereocenters. The molecule has 2 heterocycles. The van der Waals surface area contributed by atoms with Gasteiger partial charge >= 0.3 is 0 Å². The second kappa shape index (κ2) is 5.53. The molecule has 0 saturated carbocycles. The zero-order chi connectivity index (χ0) is 15.0. The molecule has 0 spiro atoms. The number of rotatable bonds is 1. The third-order valence-electron chi connectivity index (χ3n) is 4.36. The Bertz CT molecular complexity index is 674. The number of thiocarbonyl (C=S) groups is 1. The van der Waals surface area contributed by atoms with Gasteiger partial charge in [-0.05, 0) is 68.4 Å². The van der Waals surface area contributed by atoms with E-state index in [-0.39, 0.29) is 0 Å². The van der Waals surface area contributed by atoms with E-state index in [2.05, 4.69) is 72.1 Å². The summed E-state index contributed by atoms with van der Waals surface area (Å²) in [5.41, 5.74) is 4.97. The van der Waals surface area contributed by atoms with Gasteiger partial charge in [0.15, 0.2) is 5.11 Å². The number of hydrogen-bond acceptors (Lipinski definition) is 1. The Morgan fingerprint density at radius 2 is 2.00 bits per heavy atom. The first kappa shape index (κ1) is 14.1. The predicted molar refractivity (Wildman–Crippen MR) is 91.7 cm³/mol. The molecule has 0 radical (unpaired) electrons. The molecule has 1 atom stereocenters. The summed E-state index contributed by atoms with van der Waals surface area (Å²) in [6, 6.07) is 11.0. The van der Waals surface area contributed by atoms with Crippen molar-refractivity contribution in [3.63, 3.8) is 0 Å². The zero-order valence-corrected chi connectivity index (χ0v) is 13.6. The summed E-state index contributed by atoms with van der Waals surface area (Å²) in [5.74, 6) is 0. The first-order valence-corrected chi connectivity index (χ1v) is 7.77. The maximum Gasteiger partial charge on any atom is 0.174 e. The number of aryl methyl sites for hydroxylation is 2. The van der Waals surface area contributed by atoms with Crippen LogP contribution in [0.3, 0.4) is 0 Å². The second-order valence-electron chi connectivity index (χ2n) is 5.73. The minimum Gasteiger partial charge on any atom is -0.348 e. The lowest BCUT2D eigenvalue weighted by Crippen LogP contribution is -2.42. The highest BCUT2D eigenvalue weighted by Gasteiger charge is 2.25. The highest BCUT2D eigenvalue weighted by molar-refractivity contribution is 7.80. The molecule has 1 aliphatic heterocycles. The average molecular weight is 299 g/mol. The van der Waals surface area contributed by atoms with Gasteiger partial charge in [0.2, 0.25) is 0 Å². The van der Waals surface area contributed by atoms with Crippen molar-refractivity contribution in [3.8, 4) is 0 Å². The Kier molecular flexibility index (Phi) is 3.72. The van der Waals surface area contributed by atoms with E-state index in [4.69, 9.17) is 12.2 Å². The quantitative estimate of drug-likeness (QED) is 0.807. The fourth-order valence-electron chi connectivity index (χ4n) is 2.87. The largest absolute Gasteiger partial charge is 0.348 e. The van der Waals surface area contributed by atoms with Gasteiger partial charge < -0.3 is 14.8 Å². The van der Waals surface area contributed by atoms with E-state index in [0.717, 1.165) is 23.9 Å². The molecule has 4 heteroatoms. The maximum atomic E-state index is 5.62. The molecule has 0 amide bonds. The molecule has 110 valence electrons. The molecule has 3 nitrogen and oxygen atoms in total. The van der Waals surface area contributed by atoms with Gasteiger partial charge in [-0.3, -0.25) is 0 Å². The van der Waals surface area contributed by atoms with Crippen LogP contribution < -0.4 is 5.32 Å². The lowest BCUT2D eigenvalue weighted by molar-refractivity contribution is 0.276. The van der Waals surface area contributed by atoms with Gasteiger partial charge in [0.25, 0.3) is 0 Å². The normalized spacial score (nSPS) is 17.5. The fraction of sp³-hybridized carbons (Fsp3) is 0.353. The highest BCUT2D eigenvalue weighted by atomic mass is 32.1. The van der Waals surface area contributed by atoms with Gasteiger partial charge in [0.05, 0.1) is 6.04 Å². The Hall–Kier alpha value is -1.81. The van der Waals surface area contributed by atoms with Crippen molar-refractivity contribution in [1.29, 1.82) is 0 Å². The summed E-state index contributed by atoms with van der Waals surface area (Å²) >= 11 is 5.62. The fourth-order valence-corrected chi connectivity index (χ4v) is 3.24. The van der Waals surface area contributed by atoms with Crippen LogP contribution in [0.1, 0.15) is 29.8 Å². The minimum absolute atomic E-state index is 0.306. The number of nitrogens with zero attached hydrogens (tertiary/aromatic N) is 2. The zero-order valence-electron chi connectivity index (χ0n) is 12.8. The molecule has 0 fully saturated rings. The molecular formula is C17H21N3S. The summed E-state index contributed by atoms with van der Waals surface area (Å²) < 4.78 is 2.31. The van der Waals surface area contributed by atoms with Crippen molar-refractivity contribution in [2.75, 3.05) is 11.9 Å². The average Bonchev–Trinajstić information content (AvgIpc) is 2.92. The number of aromatic nitrogens is 1. The van der Waals surface area contributed by atoms with Gasteiger partial charge in [-0.2, -0.15) is 0 Å². The van der Waals surface area contributed by atoms with E-state index in [1.807, 2.05) is 0 Å². The third kappa shape index (κ3) is 2.68. The van der Waals surface area contributed by atoms with Gasteiger partial charge in [0, 0.05) is 30.7 Å². The van der Waals surface area contributed by atoms with E-state index in [1.54, 1.807) is 0 Å². The van der Waals surface area contributed by atoms with Crippen molar-refractivity contribution in [3.05, 3.63) is 53.3 Å². The SMILES string of the molecule is Cc1ccc(NC(=S)N2CCn3cccc3[C@@H]2C)cc1C. The number of benzene rings is 1. The lowest BCUT2D eigenvalue weighted by Gasteiger charge is -2.36. The number of anilines is 1. The van der Waals surface area contributed by atoms with Gasteiger partial charge in [-0.15, -0.1) is 0 Å². The molecule has 2 aromatic rings. The molecule has 1 aromatic heterocycles. The van der Waals surface area contributed by atoms with Crippen LogP contribution in [0, 0.1) is 13.8 Å². The molecular weight excluding hydrogens is 278 g/mol. The van der Waals surface area contributed by atoms with Crippen LogP contribution in [-0.4, -0.2) is 21.1 Å². The van der Waals surface area contributed by atoms with Crippen LogP contribution in [0.2, 0.25) is 0 Å². The summed E-state index contributed by atoms with van der Waals surface area (Å²) in [6.07, 6.45) is 2.14. The summed E-state index contributed by atoms with van der Waals surface area (Å²) in [4.78, 5) is 2.26. The van der Waals surface area contributed by atoms with Gasteiger partial charge in [-0.1, -0.05) is 6.07 Å². The molecule has 1 N–H and O–H groups in total. The molecule has 21 heavy (non-hydrogen) atoms. The Morgan fingerprint density at radius 1 is 1.19 bits per heavy atom. The van der Waals surface area contributed by atoms with E-state index >= 15 is 0 Å². The first-order valence-electron chi connectivity index (χ1n) is 7.36. The first-order chi connectivity index (χ1) is 10.1.